The molecule has 18 heteroatoms. The molecule has 6 aromatic rings. The summed E-state index contributed by atoms with van der Waals surface area (Å²) in [5.41, 5.74) is 28.6. The van der Waals surface area contributed by atoms with Crippen molar-refractivity contribution in [2.45, 2.75) is 84.3 Å². The van der Waals surface area contributed by atoms with Gasteiger partial charge in [-0.2, -0.15) is 9.97 Å². The van der Waals surface area contributed by atoms with Gasteiger partial charge in [0.25, 0.3) is 17.7 Å². The average molecular weight is 866 g/mol. The number of rotatable bonds is 13. The van der Waals surface area contributed by atoms with Crippen LogP contribution in [0.1, 0.15) is 92.1 Å². The molecule has 64 heavy (non-hydrogen) atoms. The number of aromatic nitrogens is 6. The van der Waals surface area contributed by atoms with Crippen LogP contribution in [0.2, 0.25) is 0 Å². The summed E-state index contributed by atoms with van der Waals surface area (Å²) in [6, 6.07) is 24.8. The lowest BCUT2D eigenvalue weighted by Crippen LogP contribution is -2.17. The number of carbonyl (C=O) groups is 3. The minimum absolute atomic E-state index is 0.316. The van der Waals surface area contributed by atoms with Gasteiger partial charge < -0.3 is 49.5 Å². The first-order valence-electron chi connectivity index (χ1n) is 20.9. The Bertz CT molecular complexity index is 2400. The Hall–Kier alpha value is -7.89. The molecule has 0 unspecified atom stereocenters. The molecular weight excluding hydrogens is 811 g/mol. The normalized spacial score (nSPS) is 13.5. The van der Waals surface area contributed by atoms with Gasteiger partial charge in [0.05, 0.1) is 16.7 Å². The smallest absolute Gasteiger partial charge is 0.254 e. The highest BCUT2D eigenvalue weighted by Gasteiger charge is 2.26. The molecule has 3 fully saturated rings. The summed E-state index contributed by atoms with van der Waals surface area (Å²) < 4.78 is 0. The van der Waals surface area contributed by atoms with E-state index in [0.717, 1.165) is 55.6 Å². The number of anilines is 8. The second-order valence-electron chi connectivity index (χ2n) is 15.8. The highest BCUT2D eigenvalue weighted by atomic mass is 16.2. The lowest BCUT2D eigenvalue weighted by Gasteiger charge is -2.11. The van der Waals surface area contributed by atoms with Crippen LogP contribution in [0.15, 0.2) is 91.4 Å². The number of hydrogen-bond donors (Lipinski definition) is 9. The van der Waals surface area contributed by atoms with Crippen LogP contribution in [0, 0.1) is 27.7 Å². The van der Waals surface area contributed by atoms with Crippen molar-refractivity contribution in [3.63, 3.8) is 0 Å². The number of nitrogen functional groups attached to an aromatic ring is 1. The molecule has 0 saturated heterocycles. The van der Waals surface area contributed by atoms with Gasteiger partial charge in [0.2, 0.25) is 11.9 Å². The van der Waals surface area contributed by atoms with Gasteiger partial charge in [-0.1, -0.05) is 53.1 Å². The minimum atomic E-state index is -0.528. The van der Waals surface area contributed by atoms with Gasteiger partial charge in [0.1, 0.15) is 23.3 Å². The number of nitrogens with one attached hydrogen (secondary N) is 5. The van der Waals surface area contributed by atoms with Crippen LogP contribution in [0.5, 0.6) is 0 Å². The summed E-state index contributed by atoms with van der Waals surface area (Å²) in [7, 11) is 0. The third kappa shape index (κ3) is 14.6. The zero-order chi connectivity index (χ0) is 45.8. The lowest BCUT2D eigenvalue weighted by molar-refractivity contribution is 0.0991. The van der Waals surface area contributed by atoms with Crippen molar-refractivity contribution in [1.82, 2.24) is 29.9 Å². The van der Waals surface area contributed by atoms with Crippen LogP contribution >= 0.6 is 0 Å². The number of hydrogen-bond acceptors (Lipinski definition) is 15. The van der Waals surface area contributed by atoms with Crippen molar-refractivity contribution in [1.29, 1.82) is 0 Å². The molecule has 3 aromatic carbocycles. The highest BCUT2D eigenvalue weighted by molar-refractivity contribution is 5.98. The van der Waals surface area contributed by atoms with Gasteiger partial charge in [0.15, 0.2) is 0 Å². The molecule has 0 spiro atoms. The lowest BCUT2D eigenvalue weighted by atomic mass is 10.2. The summed E-state index contributed by atoms with van der Waals surface area (Å²) in [5, 5.41) is 15.8. The summed E-state index contributed by atoms with van der Waals surface area (Å²) >= 11 is 0. The molecule has 3 aliphatic carbocycles. The van der Waals surface area contributed by atoms with Gasteiger partial charge in [-0.05, 0) is 103 Å². The molecule has 3 saturated carbocycles. The number of benzene rings is 3. The van der Waals surface area contributed by atoms with Gasteiger partial charge in [-0.3, -0.25) is 14.4 Å². The molecule has 3 heterocycles. The van der Waals surface area contributed by atoms with Crippen molar-refractivity contribution >= 4 is 64.1 Å². The van der Waals surface area contributed by atoms with E-state index >= 15 is 0 Å². The maximum atomic E-state index is 11.4. The monoisotopic (exact) mass is 865 g/mol. The Labute approximate surface area is 371 Å². The zero-order valence-corrected chi connectivity index (χ0v) is 36.4. The Kier molecular flexibility index (Phi) is 15.2. The van der Waals surface area contributed by atoms with E-state index in [1.54, 1.807) is 6.92 Å². The fourth-order valence-electron chi connectivity index (χ4n) is 5.59. The van der Waals surface area contributed by atoms with Gasteiger partial charge >= 0.3 is 0 Å². The number of nitrogens with two attached hydrogens (primary N) is 4. The van der Waals surface area contributed by atoms with Crippen LogP contribution in [0.4, 0.5) is 46.4 Å². The van der Waals surface area contributed by atoms with Crippen molar-refractivity contribution in [3.05, 3.63) is 131 Å². The van der Waals surface area contributed by atoms with Crippen molar-refractivity contribution in [3.8, 4) is 0 Å². The van der Waals surface area contributed by atoms with Crippen molar-refractivity contribution in [2.24, 2.45) is 17.2 Å². The Morgan fingerprint density at radius 3 is 1.09 bits per heavy atom. The summed E-state index contributed by atoms with van der Waals surface area (Å²) in [5.74, 6) is 1.52. The SMILES string of the molecule is Cc1ccc(N)cc1.Cc1ccc(Nc2ncc(C(N)=O)c(NC3CC3)n2)cc1.Cc1ccc(Nc2ncc(C(N)=O)c(NC3CC3)n2)cc1.Cc1ncc(C(N)=O)c(NC2CC2)n1. The maximum absolute atomic E-state index is 11.4. The predicted octanol–water partition coefficient (Wildman–Crippen LogP) is 6.44. The second-order valence-corrected chi connectivity index (χ2v) is 15.8. The van der Waals surface area contributed by atoms with E-state index < -0.39 is 17.7 Å². The number of carbonyl (C=O) groups excluding carboxylic acids is 3. The van der Waals surface area contributed by atoms with Crippen LogP contribution in [-0.2, 0) is 0 Å². The third-order valence-electron chi connectivity index (χ3n) is 9.73. The Morgan fingerprint density at radius 1 is 0.469 bits per heavy atom. The fourth-order valence-corrected chi connectivity index (χ4v) is 5.59. The molecule has 18 nitrogen and oxygen atoms in total. The molecule has 3 aliphatic rings. The van der Waals surface area contributed by atoms with Crippen LogP contribution in [0.3, 0.4) is 0 Å². The number of nitrogens with zero attached hydrogens (tertiary/aromatic N) is 6. The molecule has 3 amide bonds. The zero-order valence-electron chi connectivity index (χ0n) is 36.4. The van der Waals surface area contributed by atoms with Crippen LogP contribution in [0.25, 0.3) is 0 Å². The van der Waals surface area contributed by atoms with E-state index in [-0.39, 0.29) is 0 Å². The van der Waals surface area contributed by atoms with Gasteiger partial charge in [0, 0.05) is 53.8 Å². The van der Waals surface area contributed by atoms with E-state index in [2.05, 4.69) is 56.5 Å². The summed E-state index contributed by atoms with van der Waals surface area (Å²) in [6.07, 6.45) is 11.0. The molecule has 332 valence electrons. The first kappa shape index (κ1) is 45.6. The molecular formula is C46H55N15O3. The first-order chi connectivity index (χ1) is 30.7. The largest absolute Gasteiger partial charge is 0.399 e. The minimum Gasteiger partial charge on any atom is -0.399 e. The molecule has 0 aliphatic heterocycles. The van der Waals surface area contributed by atoms with E-state index in [0.29, 0.717) is 70.0 Å². The molecule has 3 aromatic heterocycles. The van der Waals surface area contributed by atoms with Crippen LogP contribution in [-0.4, -0.2) is 65.8 Å². The second kappa shape index (κ2) is 21.3. The number of aryl methyl sites for hydroxylation is 4. The highest BCUT2D eigenvalue weighted by Crippen LogP contribution is 2.28. The van der Waals surface area contributed by atoms with E-state index in [1.165, 1.54) is 35.3 Å². The van der Waals surface area contributed by atoms with E-state index in [4.69, 9.17) is 22.9 Å². The number of primary amides is 3. The summed E-state index contributed by atoms with van der Waals surface area (Å²) in [6.45, 7) is 7.88. The Morgan fingerprint density at radius 2 is 0.781 bits per heavy atom. The van der Waals surface area contributed by atoms with E-state index in [9.17, 15) is 14.4 Å². The Balaban J connectivity index is 0.000000149. The molecule has 0 radical (unpaired) electrons. The standard InChI is InChI=1S/2C15H17N5O.C9H12N4O.C7H9N/c2*1-9-2-4-11(5-3-9)19-15-17-8-12(13(16)21)14(20-15)18-10-6-7-10;1-5-11-4-7(8(10)14)9(12-5)13-6-2-3-6;1-6-2-4-7(8)5-3-6/h2*2-5,8,10H,6-7H2,1H3,(H2,16,21)(H2,17,18,19,20);4,6H,2-3H2,1H3,(H2,10,14)(H,11,12,13);2-5H,8H2,1H3. The van der Waals surface area contributed by atoms with Gasteiger partial charge in [-0.15, -0.1) is 0 Å². The molecule has 0 bridgehead atoms. The number of amides is 3. The summed E-state index contributed by atoms with van der Waals surface area (Å²) in [4.78, 5) is 59.0. The first-order valence-corrected chi connectivity index (χ1v) is 20.9. The molecule has 13 N–H and O–H groups in total. The van der Waals surface area contributed by atoms with Crippen molar-refractivity contribution < 1.29 is 14.4 Å². The predicted molar refractivity (Wildman–Crippen MR) is 251 cm³/mol. The average Bonchev–Trinajstić information content (AvgIpc) is 4.11. The topological polar surface area (TPSA) is 293 Å². The molecule has 9 rings (SSSR count). The van der Waals surface area contributed by atoms with Gasteiger partial charge in [-0.25, -0.2) is 19.9 Å². The van der Waals surface area contributed by atoms with Crippen molar-refractivity contribution in [2.75, 3.05) is 32.3 Å². The van der Waals surface area contributed by atoms with Crippen LogP contribution < -0.4 is 49.5 Å². The molecule has 0 atom stereocenters. The quantitative estimate of drug-likeness (QED) is 0.0565. The van der Waals surface area contributed by atoms with E-state index in [1.807, 2.05) is 93.6 Å². The third-order valence-corrected chi connectivity index (χ3v) is 9.73. The maximum Gasteiger partial charge on any atom is 0.254 e. The fraction of sp³-hybridized carbons (Fsp3) is 0.283.